The number of rotatable bonds is 9. The number of unbranched alkanes of at least 4 members (excludes halogenated alkanes) is 1. The van der Waals surface area contributed by atoms with Gasteiger partial charge in [0.05, 0.1) is 24.1 Å². The fourth-order valence-corrected chi connectivity index (χ4v) is 4.39. The van der Waals surface area contributed by atoms with E-state index in [0.717, 1.165) is 29.6 Å². The third kappa shape index (κ3) is 5.18. The highest BCUT2D eigenvalue weighted by atomic mass is 31.2. The number of fused-ring (bicyclic) bond motifs is 3. The highest BCUT2D eigenvalue weighted by Crippen LogP contribution is 2.43. The van der Waals surface area contributed by atoms with Gasteiger partial charge in [-0.3, -0.25) is 9.79 Å². The van der Waals surface area contributed by atoms with Crippen LogP contribution in [0.1, 0.15) is 36.7 Å². The molecule has 4 aromatic rings. The minimum Gasteiger partial charge on any atom is -0.504 e. The molecule has 5 N–H and O–H groups in total. The molecule has 0 aliphatic rings. The number of hydrogen-bond donors (Lipinski definition) is 4. The maximum atomic E-state index is 11.3. The summed E-state index contributed by atoms with van der Waals surface area (Å²) in [4.78, 5) is 41.8. The number of anilines is 1. The predicted molar refractivity (Wildman–Crippen MR) is 130 cm³/mol. The zero-order chi connectivity index (χ0) is 25.2. The van der Waals surface area contributed by atoms with Crippen molar-refractivity contribution in [1.82, 2.24) is 14.5 Å². The van der Waals surface area contributed by atoms with Crippen LogP contribution in [0.25, 0.3) is 21.9 Å². The number of imidazole rings is 1. The minimum atomic E-state index is -4.86. The second-order valence-electron chi connectivity index (χ2n) is 8.02. The van der Waals surface area contributed by atoms with Gasteiger partial charge >= 0.3 is 7.82 Å². The van der Waals surface area contributed by atoms with Crippen molar-refractivity contribution < 1.29 is 28.8 Å². The van der Waals surface area contributed by atoms with Crippen molar-refractivity contribution in [2.24, 2.45) is 4.99 Å². The number of hydrogen-bond acceptors (Lipinski definition) is 8. The molecule has 0 unspecified atom stereocenters. The van der Waals surface area contributed by atoms with Gasteiger partial charge < -0.3 is 19.9 Å². The SMILES string of the molecule is CCCCc1nc2c(N)nc3ccc(CN=C=O)cc3c2n1Cc1cccc(OP(=O)(O)O)c1O. The smallest absolute Gasteiger partial charge is 0.504 e. The molecule has 0 radical (unpaired) electrons. The summed E-state index contributed by atoms with van der Waals surface area (Å²) in [6.45, 7) is 2.35. The van der Waals surface area contributed by atoms with E-state index in [0.29, 0.717) is 28.5 Å². The van der Waals surface area contributed by atoms with Gasteiger partial charge in [-0.05, 0) is 30.2 Å². The quantitative estimate of drug-likeness (QED) is 0.153. The van der Waals surface area contributed by atoms with Crippen LogP contribution in [0.2, 0.25) is 0 Å². The minimum absolute atomic E-state index is 0.134. The van der Waals surface area contributed by atoms with Gasteiger partial charge in [0.2, 0.25) is 6.08 Å². The number of pyridine rings is 1. The standard InChI is InChI=1S/C23H24N5O6P/c1-2-3-7-19-27-20-21(16-10-14(11-25-13-29)8-9-17(16)26-23(20)24)28(19)12-15-5-4-6-18(22(15)30)34-35(31,32)33/h4-6,8-10,30H,2-3,7,11-12H2,1H3,(H2,24,26)(H2,31,32,33). The first-order valence-electron chi connectivity index (χ1n) is 10.9. The number of phosphoric acid groups is 1. The van der Waals surface area contributed by atoms with Crippen LogP contribution in [0.4, 0.5) is 5.82 Å². The molecule has 0 spiro atoms. The van der Waals surface area contributed by atoms with Crippen LogP contribution in [0, 0.1) is 0 Å². The van der Waals surface area contributed by atoms with Crippen LogP contribution in [0.3, 0.4) is 0 Å². The first-order valence-corrected chi connectivity index (χ1v) is 12.4. The van der Waals surface area contributed by atoms with Crippen LogP contribution in [0.5, 0.6) is 11.5 Å². The predicted octanol–water partition coefficient (Wildman–Crippen LogP) is 3.57. The van der Waals surface area contributed by atoms with Gasteiger partial charge in [-0.1, -0.05) is 31.5 Å². The van der Waals surface area contributed by atoms with E-state index in [1.807, 2.05) is 10.6 Å². The van der Waals surface area contributed by atoms with E-state index in [1.165, 1.54) is 18.2 Å². The first-order chi connectivity index (χ1) is 16.7. The molecule has 0 aliphatic carbocycles. The number of nitrogen functional groups attached to an aromatic ring is 1. The number of aromatic nitrogens is 3. The molecule has 0 aliphatic heterocycles. The lowest BCUT2D eigenvalue weighted by Crippen LogP contribution is -2.07. The van der Waals surface area contributed by atoms with E-state index in [9.17, 15) is 24.3 Å². The van der Waals surface area contributed by atoms with Crippen LogP contribution < -0.4 is 10.3 Å². The van der Waals surface area contributed by atoms with Gasteiger partial charge in [-0.2, -0.15) is 0 Å². The van der Waals surface area contributed by atoms with E-state index < -0.39 is 7.82 Å². The highest BCUT2D eigenvalue weighted by Gasteiger charge is 2.22. The van der Waals surface area contributed by atoms with Gasteiger partial charge in [0, 0.05) is 17.4 Å². The summed E-state index contributed by atoms with van der Waals surface area (Å²) in [5, 5.41) is 11.5. The van der Waals surface area contributed by atoms with Crippen LogP contribution in [0.15, 0.2) is 41.4 Å². The largest absolute Gasteiger partial charge is 0.524 e. The summed E-state index contributed by atoms with van der Waals surface area (Å²) in [6, 6.07) is 9.90. The molecule has 12 heteroatoms. The van der Waals surface area contributed by atoms with Gasteiger partial charge in [0.15, 0.2) is 17.3 Å². The van der Waals surface area contributed by atoms with Crippen molar-refractivity contribution in [1.29, 1.82) is 0 Å². The average Bonchev–Trinajstić information content (AvgIpc) is 3.17. The molecular formula is C23H24N5O6P. The van der Waals surface area contributed by atoms with E-state index in [-0.39, 0.29) is 30.4 Å². The Kier molecular flexibility index (Phi) is 6.86. The molecule has 0 fully saturated rings. The zero-order valence-electron chi connectivity index (χ0n) is 18.9. The molecule has 0 amide bonds. The normalized spacial score (nSPS) is 11.6. The molecule has 182 valence electrons. The number of phosphoric ester groups is 1. The Morgan fingerprint density at radius 3 is 2.74 bits per heavy atom. The third-order valence-electron chi connectivity index (χ3n) is 5.55. The number of isocyanates is 1. The molecule has 2 heterocycles. The Balaban J connectivity index is 1.93. The molecule has 0 bridgehead atoms. The van der Waals surface area contributed by atoms with Crippen molar-refractivity contribution >= 4 is 41.7 Å². The number of aryl methyl sites for hydroxylation is 1. The van der Waals surface area contributed by atoms with Crippen LogP contribution >= 0.6 is 7.82 Å². The number of phenolic OH excluding ortho intramolecular Hbond substituents is 1. The number of para-hydroxylation sites is 1. The molecule has 2 aromatic carbocycles. The summed E-state index contributed by atoms with van der Waals surface area (Å²) < 4.78 is 17.9. The Hall–Kier alpha value is -3.75. The van der Waals surface area contributed by atoms with Crippen LogP contribution in [-0.2, 0) is 28.9 Å². The van der Waals surface area contributed by atoms with E-state index >= 15 is 0 Å². The Morgan fingerprint density at radius 2 is 2.03 bits per heavy atom. The second-order valence-corrected chi connectivity index (χ2v) is 9.18. The lowest BCUT2D eigenvalue weighted by atomic mass is 10.1. The van der Waals surface area contributed by atoms with Gasteiger partial charge in [0.25, 0.3) is 0 Å². The van der Waals surface area contributed by atoms with Gasteiger partial charge in [0.1, 0.15) is 11.3 Å². The third-order valence-corrected chi connectivity index (χ3v) is 5.99. The summed E-state index contributed by atoms with van der Waals surface area (Å²) in [7, 11) is -4.86. The maximum absolute atomic E-state index is 11.3. The van der Waals surface area contributed by atoms with E-state index in [4.69, 9.17) is 10.7 Å². The summed E-state index contributed by atoms with van der Waals surface area (Å²) in [6.07, 6.45) is 3.97. The first kappa shape index (κ1) is 24.4. The molecular weight excluding hydrogens is 473 g/mol. The second kappa shape index (κ2) is 9.85. The number of aromatic hydroxyl groups is 1. The number of nitrogens with two attached hydrogens (primary N) is 1. The topological polar surface area (TPSA) is 173 Å². The van der Waals surface area contributed by atoms with E-state index in [1.54, 1.807) is 18.2 Å². The number of carbonyl (C=O) groups excluding carboxylic acids is 1. The molecule has 35 heavy (non-hydrogen) atoms. The van der Waals surface area contributed by atoms with E-state index in [2.05, 4.69) is 21.4 Å². The number of benzene rings is 2. The summed E-state index contributed by atoms with van der Waals surface area (Å²) >= 11 is 0. The molecule has 4 rings (SSSR count). The van der Waals surface area contributed by atoms with Gasteiger partial charge in [-0.15, -0.1) is 0 Å². The van der Waals surface area contributed by atoms with Crippen molar-refractivity contribution in [2.45, 2.75) is 39.3 Å². The lowest BCUT2D eigenvalue weighted by Gasteiger charge is -2.15. The number of aliphatic imine (C=N–C) groups is 1. The molecule has 11 nitrogen and oxygen atoms in total. The Morgan fingerprint density at radius 1 is 1.23 bits per heavy atom. The molecule has 0 saturated heterocycles. The van der Waals surface area contributed by atoms with Crippen molar-refractivity contribution in [3.63, 3.8) is 0 Å². The molecule has 0 saturated carbocycles. The van der Waals surface area contributed by atoms with Gasteiger partial charge in [-0.25, -0.2) is 24.3 Å². The maximum Gasteiger partial charge on any atom is 0.524 e. The van der Waals surface area contributed by atoms with Crippen molar-refractivity contribution in [2.75, 3.05) is 5.73 Å². The summed E-state index contributed by atoms with van der Waals surface area (Å²) in [5.74, 6) is 0.271. The number of phenols is 1. The monoisotopic (exact) mass is 497 g/mol. The van der Waals surface area contributed by atoms with Crippen molar-refractivity contribution in [3.05, 3.63) is 53.3 Å². The number of nitrogens with zero attached hydrogens (tertiary/aromatic N) is 4. The van der Waals surface area contributed by atoms with Crippen LogP contribution in [-0.4, -0.2) is 35.5 Å². The molecule has 0 atom stereocenters. The lowest BCUT2D eigenvalue weighted by molar-refractivity contribution is 0.277. The fourth-order valence-electron chi connectivity index (χ4n) is 3.99. The zero-order valence-corrected chi connectivity index (χ0v) is 19.8. The Bertz CT molecular complexity index is 1510. The van der Waals surface area contributed by atoms with Crippen molar-refractivity contribution in [3.8, 4) is 11.5 Å². The highest BCUT2D eigenvalue weighted by molar-refractivity contribution is 7.46. The Labute approximate surface area is 200 Å². The summed E-state index contributed by atoms with van der Waals surface area (Å²) in [5.41, 5.74) is 9.22. The average molecular weight is 497 g/mol. The molecule has 2 aromatic heterocycles. The fraction of sp³-hybridized carbons (Fsp3) is 0.261.